The standard InChI is InChI=1S/C13H11FN2O3/c1-6-9-5-7(14)3-4-8(9)11-12(19-6)10(13(17)18)15-16(11)2/h3-6H,1-2H3,(H,17,18). The lowest BCUT2D eigenvalue weighted by atomic mass is 9.97. The van der Waals surface area contributed by atoms with Gasteiger partial charge >= 0.3 is 5.97 Å². The van der Waals surface area contributed by atoms with Crippen LogP contribution in [-0.2, 0) is 7.05 Å². The molecule has 1 aromatic carbocycles. The first-order valence-corrected chi connectivity index (χ1v) is 5.76. The maximum Gasteiger partial charge on any atom is 0.360 e. The quantitative estimate of drug-likeness (QED) is 0.857. The molecule has 1 aliphatic heterocycles. The fourth-order valence-corrected chi connectivity index (χ4v) is 2.38. The Balaban J connectivity index is 2.31. The Kier molecular flexibility index (Phi) is 2.35. The molecule has 0 bridgehead atoms. The molecule has 98 valence electrons. The lowest BCUT2D eigenvalue weighted by Crippen LogP contribution is -2.13. The molecule has 1 N–H and O–H groups in total. The molecule has 1 atom stereocenters. The lowest BCUT2D eigenvalue weighted by Gasteiger charge is -2.24. The highest BCUT2D eigenvalue weighted by Gasteiger charge is 2.32. The van der Waals surface area contributed by atoms with Gasteiger partial charge in [0.15, 0.2) is 5.75 Å². The number of aromatic carboxylic acids is 1. The molecule has 0 radical (unpaired) electrons. The number of rotatable bonds is 1. The van der Waals surface area contributed by atoms with E-state index in [4.69, 9.17) is 9.84 Å². The van der Waals surface area contributed by atoms with Crippen LogP contribution in [0, 0.1) is 5.82 Å². The summed E-state index contributed by atoms with van der Waals surface area (Å²) >= 11 is 0. The number of fused-ring (bicyclic) bond motifs is 3. The molecule has 0 amide bonds. The van der Waals surface area contributed by atoms with Crippen LogP contribution in [0.25, 0.3) is 11.3 Å². The van der Waals surface area contributed by atoms with Crippen LogP contribution in [0.15, 0.2) is 18.2 Å². The van der Waals surface area contributed by atoms with E-state index in [1.54, 1.807) is 20.0 Å². The van der Waals surface area contributed by atoms with Crippen LogP contribution >= 0.6 is 0 Å². The zero-order valence-electron chi connectivity index (χ0n) is 10.3. The number of carboxylic acid groups (broad SMARTS) is 1. The van der Waals surface area contributed by atoms with Crippen LogP contribution < -0.4 is 4.74 Å². The molecule has 1 aromatic heterocycles. The van der Waals surface area contributed by atoms with Gasteiger partial charge in [-0.25, -0.2) is 9.18 Å². The third-order valence-electron chi connectivity index (χ3n) is 3.21. The summed E-state index contributed by atoms with van der Waals surface area (Å²) in [7, 11) is 1.64. The molecule has 5 nitrogen and oxygen atoms in total. The Bertz CT molecular complexity index is 693. The number of halogens is 1. The summed E-state index contributed by atoms with van der Waals surface area (Å²) in [6.45, 7) is 1.75. The molecule has 19 heavy (non-hydrogen) atoms. The van der Waals surface area contributed by atoms with Gasteiger partial charge in [-0.1, -0.05) is 0 Å². The van der Waals surface area contributed by atoms with Gasteiger partial charge < -0.3 is 9.84 Å². The van der Waals surface area contributed by atoms with Crippen LogP contribution in [0.5, 0.6) is 5.75 Å². The molecule has 1 aliphatic rings. The summed E-state index contributed by atoms with van der Waals surface area (Å²) in [5.74, 6) is -1.26. The molecule has 0 fully saturated rings. The van der Waals surface area contributed by atoms with E-state index in [0.29, 0.717) is 11.3 Å². The Morgan fingerprint density at radius 3 is 2.95 bits per heavy atom. The third-order valence-corrected chi connectivity index (χ3v) is 3.21. The first-order chi connectivity index (χ1) is 8.99. The van der Waals surface area contributed by atoms with Crippen molar-refractivity contribution < 1.29 is 19.0 Å². The summed E-state index contributed by atoms with van der Waals surface area (Å²) in [4.78, 5) is 11.1. The molecule has 1 unspecified atom stereocenters. The van der Waals surface area contributed by atoms with Crippen molar-refractivity contribution in [2.75, 3.05) is 0 Å². The van der Waals surface area contributed by atoms with Crippen molar-refractivity contribution in [3.05, 3.63) is 35.3 Å². The number of aromatic nitrogens is 2. The van der Waals surface area contributed by atoms with Gasteiger partial charge in [-0.15, -0.1) is 0 Å². The smallest absolute Gasteiger partial charge is 0.360 e. The average molecular weight is 262 g/mol. The minimum absolute atomic E-state index is 0.126. The van der Waals surface area contributed by atoms with Gasteiger partial charge in [0.1, 0.15) is 17.6 Å². The predicted octanol–water partition coefficient (Wildman–Crippen LogP) is 2.38. The third kappa shape index (κ3) is 1.60. The summed E-state index contributed by atoms with van der Waals surface area (Å²) in [6, 6.07) is 4.36. The zero-order valence-corrected chi connectivity index (χ0v) is 10.3. The van der Waals surface area contributed by atoms with Gasteiger partial charge in [0, 0.05) is 18.2 Å². The minimum Gasteiger partial charge on any atom is -0.481 e. The number of hydrogen-bond donors (Lipinski definition) is 1. The van der Waals surface area contributed by atoms with E-state index in [0.717, 1.165) is 5.56 Å². The number of benzene rings is 1. The van der Waals surface area contributed by atoms with Crippen molar-refractivity contribution >= 4 is 5.97 Å². The van der Waals surface area contributed by atoms with E-state index >= 15 is 0 Å². The highest BCUT2D eigenvalue weighted by molar-refractivity contribution is 5.92. The van der Waals surface area contributed by atoms with E-state index in [1.165, 1.54) is 16.8 Å². The van der Waals surface area contributed by atoms with Gasteiger partial charge in [-0.2, -0.15) is 5.10 Å². The van der Waals surface area contributed by atoms with Crippen LogP contribution in [0.2, 0.25) is 0 Å². The molecule has 2 heterocycles. The van der Waals surface area contributed by atoms with E-state index in [-0.39, 0.29) is 17.3 Å². The summed E-state index contributed by atoms with van der Waals surface area (Å²) in [5, 5.41) is 13.1. The molecule has 0 saturated carbocycles. The first-order valence-electron chi connectivity index (χ1n) is 5.76. The maximum atomic E-state index is 13.3. The van der Waals surface area contributed by atoms with Crippen molar-refractivity contribution in [1.82, 2.24) is 9.78 Å². The molecule has 3 rings (SSSR count). The molecule has 6 heteroatoms. The molecular weight excluding hydrogens is 251 g/mol. The van der Waals surface area contributed by atoms with E-state index in [2.05, 4.69) is 5.10 Å². The van der Waals surface area contributed by atoms with Crippen molar-refractivity contribution in [3.63, 3.8) is 0 Å². The van der Waals surface area contributed by atoms with Crippen molar-refractivity contribution in [2.24, 2.45) is 7.05 Å². The fraction of sp³-hybridized carbons (Fsp3) is 0.231. The molecule has 0 aliphatic carbocycles. The van der Waals surface area contributed by atoms with Crippen molar-refractivity contribution in [3.8, 4) is 17.0 Å². The Hall–Kier alpha value is -2.37. The monoisotopic (exact) mass is 262 g/mol. The Morgan fingerprint density at radius 1 is 1.53 bits per heavy atom. The normalized spacial score (nSPS) is 16.5. The van der Waals surface area contributed by atoms with Crippen LogP contribution in [0.4, 0.5) is 4.39 Å². The highest BCUT2D eigenvalue weighted by atomic mass is 19.1. The number of ether oxygens (including phenoxy) is 1. The van der Waals surface area contributed by atoms with Gasteiger partial charge in [0.2, 0.25) is 5.69 Å². The second-order valence-electron chi connectivity index (χ2n) is 4.45. The zero-order chi connectivity index (χ0) is 13.7. The van der Waals surface area contributed by atoms with Gasteiger partial charge in [0.05, 0.1) is 0 Å². The van der Waals surface area contributed by atoms with Crippen LogP contribution in [-0.4, -0.2) is 20.9 Å². The number of nitrogens with zero attached hydrogens (tertiary/aromatic N) is 2. The molecule has 0 spiro atoms. The Labute approximate surface area is 108 Å². The fourth-order valence-electron chi connectivity index (χ4n) is 2.38. The largest absolute Gasteiger partial charge is 0.481 e. The van der Waals surface area contributed by atoms with Crippen molar-refractivity contribution in [2.45, 2.75) is 13.0 Å². The van der Waals surface area contributed by atoms with Crippen LogP contribution in [0.3, 0.4) is 0 Å². The number of carbonyl (C=O) groups is 1. The van der Waals surface area contributed by atoms with E-state index in [1.807, 2.05) is 0 Å². The second kappa shape index (κ2) is 3.81. The van der Waals surface area contributed by atoms with Gasteiger partial charge in [-0.3, -0.25) is 4.68 Å². The van der Waals surface area contributed by atoms with E-state index in [9.17, 15) is 9.18 Å². The number of hydrogen-bond acceptors (Lipinski definition) is 3. The van der Waals surface area contributed by atoms with Gasteiger partial charge in [-0.05, 0) is 25.1 Å². The molecular formula is C13H11FN2O3. The molecule has 0 saturated heterocycles. The van der Waals surface area contributed by atoms with Crippen LogP contribution in [0.1, 0.15) is 29.1 Å². The summed E-state index contributed by atoms with van der Waals surface area (Å²) in [6.07, 6.45) is -0.416. The second-order valence-corrected chi connectivity index (χ2v) is 4.45. The average Bonchev–Trinajstić information content (AvgIpc) is 2.67. The SMILES string of the molecule is CC1Oc2c(C(=O)O)nn(C)c2-c2ccc(F)cc21. The number of carboxylic acids is 1. The summed E-state index contributed by atoms with van der Waals surface area (Å²) < 4.78 is 20.3. The Morgan fingerprint density at radius 2 is 2.26 bits per heavy atom. The minimum atomic E-state index is -1.14. The summed E-state index contributed by atoms with van der Waals surface area (Å²) in [5.41, 5.74) is 1.87. The maximum absolute atomic E-state index is 13.3. The number of aryl methyl sites for hydroxylation is 1. The molecule has 2 aromatic rings. The van der Waals surface area contributed by atoms with E-state index < -0.39 is 12.1 Å². The first kappa shape index (κ1) is 11.7. The highest BCUT2D eigenvalue weighted by Crippen LogP contribution is 2.43. The van der Waals surface area contributed by atoms with Gasteiger partial charge in [0.25, 0.3) is 0 Å². The lowest BCUT2D eigenvalue weighted by molar-refractivity contribution is 0.0682. The predicted molar refractivity (Wildman–Crippen MR) is 64.6 cm³/mol. The van der Waals surface area contributed by atoms with Crippen molar-refractivity contribution in [1.29, 1.82) is 0 Å². The topological polar surface area (TPSA) is 64.3 Å².